The molecule has 1 atom stereocenters. The van der Waals surface area contributed by atoms with E-state index in [1.807, 2.05) is 0 Å². The van der Waals surface area contributed by atoms with Crippen molar-refractivity contribution in [2.24, 2.45) is 0 Å². The Labute approximate surface area is 143 Å². The Bertz CT molecular complexity index is 608. The van der Waals surface area contributed by atoms with Crippen molar-refractivity contribution >= 4 is 29.9 Å². The summed E-state index contributed by atoms with van der Waals surface area (Å²) in [7, 11) is 0. The van der Waals surface area contributed by atoms with Gasteiger partial charge in [-0.1, -0.05) is 17.7 Å². The number of amides is 1. The molecule has 8 heteroatoms. The number of benzene rings is 1. The Morgan fingerprint density at radius 2 is 2.09 bits per heavy atom. The average Bonchev–Trinajstić information content (AvgIpc) is 3.13. The van der Waals surface area contributed by atoms with Crippen molar-refractivity contribution in [3.05, 3.63) is 34.6 Å². The number of rotatable bonds is 4. The van der Waals surface area contributed by atoms with Gasteiger partial charge in [-0.3, -0.25) is 10.1 Å². The third-order valence-electron chi connectivity index (χ3n) is 4.38. The summed E-state index contributed by atoms with van der Waals surface area (Å²) >= 11 is 6.07. The van der Waals surface area contributed by atoms with E-state index in [2.05, 4.69) is 10.6 Å². The van der Waals surface area contributed by atoms with Gasteiger partial charge < -0.3 is 5.32 Å². The predicted octanol–water partition coefficient (Wildman–Crippen LogP) is 3.05. The van der Waals surface area contributed by atoms with Gasteiger partial charge in [-0.2, -0.15) is 0 Å². The van der Waals surface area contributed by atoms with Crippen molar-refractivity contribution < 1.29 is 18.0 Å². The zero-order valence-corrected chi connectivity index (χ0v) is 13.7. The standard InChI is InChI=1S/C15H16ClF3N2O.ClH/c16-11-5-9(17)1-2-10(11)14(3-4-14)7-21-13(22)12-6-15(18,19)8-20-12;/h1-2,5,12,20H,3-4,6-8H2,(H,21,22);1H. The number of hydrogen-bond acceptors (Lipinski definition) is 2. The summed E-state index contributed by atoms with van der Waals surface area (Å²) in [5, 5.41) is 5.57. The van der Waals surface area contributed by atoms with Gasteiger partial charge in [0.1, 0.15) is 5.82 Å². The van der Waals surface area contributed by atoms with Crippen molar-refractivity contribution in [3.63, 3.8) is 0 Å². The largest absolute Gasteiger partial charge is 0.354 e. The smallest absolute Gasteiger partial charge is 0.262 e. The summed E-state index contributed by atoms with van der Waals surface area (Å²) < 4.78 is 39.3. The SMILES string of the molecule is Cl.O=C(NCC1(c2ccc(F)cc2Cl)CC1)C1CC(F)(F)CN1. The maximum atomic E-state index is 13.1. The first-order valence-corrected chi connectivity index (χ1v) is 7.54. The van der Waals surface area contributed by atoms with Crippen LogP contribution in [0.5, 0.6) is 0 Å². The average molecular weight is 369 g/mol. The molecular formula is C15H17Cl2F3N2O. The second kappa shape index (κ2) is 6.49. The molecule has 0 spiro atoms. The summed E-state index contributed by atoms with van der Waals surface area (Å²) in [6.45, 7) is -0.152. The van der Waals surface area contributed by atoms with Gasteiger partial charge in [0, 0.05) is 23.4 Å². The number of alkyl halides is 2. The van der Waals surface area contributed by atoms with E-state index < -0.39 is 36.7 Å². The molecule has 2 fully saturated rings. The van der Waals surface area contributed by atoms with Crippen LogP contribution in [-0.2, 0) is 10.2 Å². The van der Waals surface area contributed by atoms with Crippen LogP contribution in [0.3, 0.4) is 0 Å². The summed E-state index contributed by atoms with van der Waals surface area (Å²) in [6, 6.07) is 3.34. The van der Waals surface area contributed by atoms with E-state index in [4.69, 9.17) is 11.6 Å². The molecule has 1 aliphatic heterocycles. The van der Waals surface area contributed by atoms with Crippen LogP contribution in [0.1, 0.15) is 24.8 Å². The van der Waals surface area contributed by atoms with Crippen molar-refractivity contribution in [2.75, 3.05) is 13.1 Å². The minimum atomic E-state index is -2.83. The zero-order valence-electron chi connectivity index (χ0n) is 12.2. The van der Waals surface area contributed by atoms with Crippen molar-refractivity contribution in [2.45, 2.75) is 36.6 Å². The molecule has 1 aromatic rings. The van der Waals surface area contributed by atoms with Crippen LogP contribution in [0.4, 0.5) is 13.2 Å². The maximum Gasteiger partial charge on any atom is 0.262 e. The number of carbonyl (C=O) groups is 1. The van der Waals surface area contributed by atoms with Gasteiger partial charge in [0.15, 0.2) is 0 Å². The zero-order chi connectivity index (χ0) is 16.0. The predicted molar refractivity (Wildman–Crippen MR) is 83.9 cm³/mol. The van der Waals surface area contributed by atoms with Gasteiger partial charge in [-0.05, 0) is 30.5 Å². The van der Waals surface area contributed by atoms with Crippen LogP contribution in [0.2, 0.25) is 5.02 Å². The molecule has 0 bridgehead atoms. The minimum Gasteiger partial charge on any atom is -0.354 e. The highest BCUT2D eigenvalue weighted by molar-refractivity contribution is 6.31. The van der Waals surface area contributed by atoms with E-state index in [9.17, 15) is 18.0 Å². The maximum absolute atomic E-state index is 13.1. The second-order valence-corrected chi connectivity index (χ2v) is 6.52. The molecule has 1 saturated carbocycles. The molecule has 3 rings (SSSR count). The van der Waals surface area contributed by atoms with Gasteiger partial charge in [0.05, 0.1) is 12.6 Å². The highest BCUT2D eigenvalue weighted by Crippen LogP contribution is 2.50. The second-order valence-electron chi connectivity index (χ2n) is 6.12. The molecule has 2 N–H and O–H groups in total. The molecule has 3 nitrogen and oxygen atoms in total. The molecule has 1 saturated heterocycles. The third-order valence-corrected chi connectivity index (χ3v) is 4.70. The molecule has 0 radical (unpaired) electrons. The normalized spacial score (nSPS) is 23.9. The Hall–Kier alpha value is -0.980. The van der Waals surface area contributed by atoms with Crippen molar-refractivity contribution in [3.8, 4) is 0 Å². The lowest BCUT2D eigenvalue weighted by Crippen LogP contribution is -2.43. The Morgan fingerprint density at radius 1 is 1.39 bits per heavy atom. The summed E-state index contributed by atoms with van der Waals surface area (Å²) in [5.74, 6) is -3.67. The number of halogens is 5. The van der Waals surface area contributed by atoms with E-state index in [0.717, 1.165) is 18.4 Å². The van der Waals surface area contributed by atoms with Crippen LogP contribution in [0, 0.1) is 5.82 Å². The Kier molecular flexibility index (Phi) is 5.18. The highest BCUT2D eigenvalue weighted by atomic mass is 35.5. The van der Waals surface area contributed by atoms with Gasteiger partial charge >= 0.3 is 0 Å². The van der Waals surface area contributed by atoms with Crippen LogP contribution in [0.15, 0.2) is 18.2 Å². The number of carbonyl (C=O) groups excluding carboxylic acids is 1. The molecule has 1 unspecified atom stereocenters. The van der Waals surface area contributed by atoms with Gasteiger partial charge in [0.2, 0.25) is 5.91 Å². The molecule has 1 aromatic carbocycles. The summed E-state index contributed by atoms with van der Waals surface area (Å²) in [6.07, 6.45) is 1.17. The topological polar surface area (TPSA) is 41.1 Å². The molecule has 1 aliphatic carbocycles. The Balaban J connectivity index is 0.00000192. The molecule has 1 heterocycles. The molecule has 1 amide bonds. The highest BCUT2D eigenvalue weighted by Gasteiger charge is 2.47. The van der Waals surface area contributed by atoms with Crippen LogP contribution < -0.4 is 10.6 Å². The fourth-order valence-corrected chi connectivity index (χ4v) is 3.26. The minimum absolute atomic E-state index is 0. The fraction of sp³-hybridized carbons (Fsp3) is 0.533. The quantitative estimate of drug-likeness (QED) is 0.857. The van der Waals surface area contributed by atoms with Crippen LogP contribution >= 0.6 is 24.0 Å². The lowest BCUT2D eigenvalue weighted by atomic mass is 9.95. The van der Waals surface area contributed by atoms with Crippen LogP contribution in [0.25, 0.3) is 0 Å². The van der Waals surface area contributed by atoms with Crippen LogP contribution in [-0.4, -0.2) is 31.0 Å². The molecule has 0 aromatic heterocycles. The Morgan fingerprint density at radius 3 is 2.61 bits per heavy atom. The molecule has 23 heavy (non-hydrogen) atoms. The lowest BCUT2D eigenvalue weighted by Gasteiger charge is -2.19. The first-order chi connectivity index (χ1) is 10.3. The summed E-state index contributed by atoms with van der Waals surface area (Å²) in [5.41, 5.74) is 0.488. The van der Waals surface area contributed by atoms with E-state index in [1.54, 1.807) is 6.07 Å². The van der Waals surface area contributed by atoms with Gasteiger partial charge in [-0.25, -0.2) is 13.2 Å². The molecular weight excluding hydrogens is 352 g/mol. The third kappa shape index (κ3) is 3.92. The number of hydrogen-bond donors (Lipinski definition) is 2. The summed E-state index contributed by atoms with van der Waals surface area (Å²) in [4.78, 5) is 12.0. The van der Waals surface area contributed by atoms with E-state index >= 15 is 0 Å². The monoisotopic (exact) mass is 368 g/mol. The van der Waals surface area contributed by atoms with E-state index in [1.165, 1.54) is 12.1 Å². The first kappa shape index (κ1) is 18.4. The molecule has 128 valence electrons. The van der Waals surface area contributed by atoms with Gasteiger partial charge in [-0.15, -0.1) is 12.4 Å². The number of nitrogens with one attached hydrogen (secondary N) is 2. The van der Waals surface area contributed by atoms with Crippen molar-refractivity contribution in [1.29, 1.82) is 0 Å². The lowest BCUT2D eigenvalue weighted by molar-refractivity contribution is -0.123. The molecule has 2 aliphatic rings. The van der Waals surface area contributed by atoms with E-state index in [-0.39, 0.29) is 17.8 Å². The van der Waals surface area contributed by atoms with Crippen molar-refractivity contribution in [1.82, 2.24) is 10.6 Å². The van der Waals surface area contributed by atoms with Gasteiger partial charge in [0.25, 0.3) is 5.92 Å². The van der Waals surface area contributed by atoms with E-state index in [0.29, 0.717) is 11.6 Å². The fourth-order valence-electron chi connectivity index (χ4n) is 2.89. The first-order valence-electron chi connectivity index (χ1n) is 7.16.